The third-order valence-electron chi connectivity index (χ3n) is 8.48. The molecule has 1 atom stereocenters. The smallest absolute Gasteiger partial charge is 0.390 e. The fraction of sp³-hybridized carbons (Fsp3) is 0.690. The molecule has 222 valence electrons. The Morgan fingerprint density at radius 1 is 1.07 bits per heavy atom. The number of hydrogen-bond donors (Lipinski definition) is 2. The highest BCUT2D eigenvalue weighted by Crippen LogP contribution is 2.40. The average Bonchev–Trinajstić information content (AvgIpc) is 3.28. The van der Waals surface area contributed by atoms with E-state index in [-0.39, 0.29) is 4.90 Å². The summed E-state index contributed by atoms with van der Waals surface area (Å²) >= 11 is 1.20. The lowest BCUT2D eigenvalue weighted by atomic mass is 9.99. The first kappa shape index (κ1) is 29.8. The molecule has 5 rings (SSSR count). The van der Waals surface area contributed by atoms with E-state index in [1.54, 1.807) is 6.07 Å². The number of rotatable bonds is 9. The van der Waals surface area contributed by atoms with Crippen LogP contribution < -0.4 is 5.32 Å². The molecule has 1 aromatic carbocycles. The van der Waals surface area contributed by atoms with Crippen LogP contribution in [0.5, 0.6) is 0 Å². The third kappa shape index (κ3) is 7.40. The molecule has 0 unspecified atom stereocenters. The largest absolute Gasteiger partial charge is 0.417 e. The molecule has 6 nitrogen and oxygen atoms in total. The first-order chi connectivity index (χ1) is 19.2. The van der Waals surface area contributed by atoms with Crippen LogP contribution in [0.1, 0.15) is 49.4 Å². The molecule has 4 heterocycles. The number of fused-ring (bicyclic) bond motifs is 1. The number of piperidine rings is 2. The first-order valence-corrected chi connectivity index (χ1v) is 15.6. The zero-order chi connectivity index (χ0) is 28.3. The monoisotopic (exact) mass is 583 g/mol. The maximum atomic E-state index is 13.9. The molecule has 2 saturated heterocycles. The number of aromatic nitrogens is 2. The van der Waals surface area contributed by atoms with Crippen LogP contribution in [0, 0.1) is 5.92 Å². The van der Waals surface area contributed by atoms with Crippen molar-refractivity contribution < 1.29 is 22.7 Å². The summed E-state index contributed by atoms with van der Waals surface area (Å²) in [5, 5.41) is 19.2. The zero-order valence-electron chi connectivity index (χ0n) is 23.2. The van der Waals surface area contributed by atoms with Gasteiger partial charge in [0, 0.05) is 73.2 Å². The number of benzene rings is 1. The second-order valence-electron chi connectivity index (χ2n) is 11.6. The standard InChI is InChI=1S/C29H41F4N5OS/c1-20-5-10-37(11-6-20)18-23(39)19-38-26-4-9-34-17-24(26)28(35-38)21-2-3-25(29(31,32)33)27(16-21)40-15-14-36-12-7-22(30)8-13-36/h2-3,16,20,22-23,34,39H,4-15,17-19H2,1H3/t23-/m0/s1. The van der Waals surface area contributed by atoms with Gasteiger partial charge in [-0.3, -0.25) is 4.68 Å². The van der Waals surface area contributed by atoms with Crippen molar-refractivity contribution in [2.24, 2.45) is 5.92 Å². The molecule has 2 fully saturated rings. The fourth-order valence-corrected chi connectivity index (χ4v) is 7.15. The summed E-state index contributed by atoms with van der Waals surface area (Å²) in [4.78, 5) is 4.62. The van der Waals surface area contributed by atoms with Crippen LogP contribution in [0.25, 0.3) is 11.3 Å². The van der Waals surface area contributed by atoms with Gasteiger partial charge in [0.1, 0.15) is 6.17 Å². The molecular formula is C29H41F4N5OS. The van der Waals surface area contributed by atoms with Crippen molar-refractivity contribution in [1.82, 2.24) is 24.9 Å². The number of aliphatic hydroxyl groups is 1. The topological polar surface area (TPSA) is 56.6 Å². The first-order valence-electron chi connectivity index (χ1n) is 14.6. The Morgan fingerprint density at radius 3 is 2.52 bits per heavy atom. The number of nitrogens with one attached hydrogen (secondary N) is 1. The van der Waals surface area contributed by atoms with E-state index in [0.29, 0.717) is 69.1 Å². The highest BCUT2D eigenvalue weighted by atomic mass is 32.2. The molecule has 0 amide bonds. The van der Waals surface area contributed by atoms with Crippen molar-refractivity contribution in [1.29, 1.82) is 0 Å². The van der Waals surface area contributed by atoms with E-state index in [1.165, 1.54) is 23.9 Å². The van der Waals surface area contributed by atoms with Crippen LogP contribution in [0.4, 0.5) is 17.6 Å². The predicted molar refractivity (Wildman–Crippen MR) is 150 cm³/mol. The van der Waals surface area contributed by atoms with Crippen molar-refractivity contribution in [2.45, 2.75) is 75.5 Å². The van der Waals surface area contributed by atoms with Gasteiger partial charge in [-0.25, -0.2) is 4.39 Å². The summed E-state index contributed by atoms with van der Waals surface area (Å²) in [6.07, 6.45) is -1.77. The SMILES string of the molecule is CC1CCN(C[C@H](O)Cn2nc(-c3ccc(C(F)(F)F)c(SCCN4CCC(F)CC4)c3)c3c2CCNC3)CC1. The van der Waals surface area contributed by atoms with E-state index in [2.05, 4.69) is 22.0 Å². The Hall–Kier alpha value is -1.66. The van der Waals surface area contributed by atoms with Gasteiger partial charge in [-0.15, -0.1) is 11.8 Å². The normalized spacial score (nSPS) is 21.1. The summed E-state index contributed by atoms with van der Waals surface area (Å²) in [5.74, 6) is 1.22. The van der Waals surface area contributed by atoms with Crippen molar-refractivity contribution >= 4 is 11.8 Å². The van der Waals surface area contributed by atoms with Gasteiger partial charge in [0.2, 0.25) is 0 Å². The summed E-state index contributed by atoms with van der Waals surface area (Å²) in [5.41, 5.74) is 2.75. The highest BCUT2D eigenvalue weighted by molar-refractivity contribution is 7.99. The fourth-order valence-electron chi connectivity index (χ4n) is 6.04. The minimum atomic E-state index is -4.45. The molecule has 0 aliphatic carbocycles. The summed E-state index contributed by atoms with van der Waals surface area (Å²) in [6.45, 7) is 8.52. The maximum absolute atomic E-state index is 13.9. The summed E-state index contributed by atoms with van der Waals surface area (Å²) in [7, 11) is 0. The van der Waals surface area contributed by atoms with Crippen LogP contribution in [0.3, 0.4) is 0 Å². The number of alkyl halides is 4. The van der Waals surface area contributed by atoms with Crippen LogP contribution in [-0.4, -0.2) is 88.5 Å². The summed E-state index contributed by atoms with van der Waals surface area (Å²) < 4.78 is 57.1. The van der Waals surface area contributed by atoms with Gasteiger partial charge in [-0.05, 0) is 56.8 Å². The molecule has 0 saturated carbocycles. The molecule has 0 bridgehead atoms. The summed E-state index contributed by atoms with van der Waals surface area (Å²) in [6, 6.07) is 4.31. The zero-order valence-corrected chi connectivity index (χ0v) is 24.0. The van der Waals surface area contributed by atoms with Crippen molar-refractivity contribution in [3.05, 3.63) is 35.0 Å². The molecule has 3 aliphatic heterocycles. The van der Waals surface area contributed by atoms with Gasteiger partial charge >= 0.3 is 6.18 Å². The lowest BCUT2D eigenvalue weighted by Crippen LogP contribution is -2.40. The molecule has 2 N–H and O–H groups in total. The number of likely N-dealkylation sites (tertiary alicyclic amines) is 2. The lowest BCUT2D eigenvalue weighted by molar-refractivity contribution is -0.139. The van der Waals surface area contributed by atoms with E-state index in [1.807, 2.05) is 4.68 Å². The van der Waals surface area contributed by atoms with Crippen LogP contribution in [-0.2, 0) is 25.7 Å². The Morgan fingerprint density at radius 2 is 1.80 bits per heavy atom. The quantitative estimate of drug-likeness (QED) is 0.326. The number of thioether (sulfide) groups is 1. The Bertz CT molecular complexity index is 1130. The van der Waals surface area contributed by atoms with E-state index in [4.69, 9.17) is 5.10 Å². The van der Waals surface area contributed by atoms with Gasteiger partial charge in [0.25, 0.3) is 0 Å². The highest BCUT2D eigenvalue weighted by Gasteiger charge is 2.34. The van der Waals surface area contributed by atoms with Gasteiger partial charge in [-0.2, -0.15) is 18.3 Å². The molecule has 3 aliphatic rings. The third-order valence-corrected chi connectivity index (χ3v) is 9.51. The lowest BCUT2D eigenvalue weighted by Gasteiger charge is -2.31. The molecule has 40 heavy (non-hydrogen) atoms. The van der Waals surface area contributed by atoms with Gasteiger partial charge in [-0.1, -0.05) is 13.0 Å². The Kier molecular flexibility index (Phi) is 9.77. The number of β-amino-alcohol motifs (C(OH)–C–C–N with tert-alkyl or cyclic N) is 1. The number of hydrogen-bond acceptors (Lipinski definition) is 6. The molecule has 1 aromatic heterocycles. The minimum Gasteiger partial charge on any atom is -0.390 e. The van der Waals surface area contributed by atoms with Gasteiger partial charge in [0.05, 0.1) is 23.9 Å². The van der Waals surface area contributed by atoms with E-state index >= 15 is 0 Å². The van der Waals surface area contributed by atoms with Crippen molar-refractivity contribution in [3.8, 4) is 11.3 Å². The van der Waals surface area contributed by atoms with Crippen LogP contribution in [0.15, 0.2) is 23.1 Å². The van der Waals surface area contributed by atoms with Crippen molar-refractivity contribution in [2.75, 3.05) is 51.6 Å². The van der Waals surface area contributed by atoms with E-state index in [0.717, 1.165) is 56.1 Å². The second kappa shape index (κ2) is 13.1. The minimum absolute atomic E-state index is 0.191. The Balaban J connectivity index is 1.33. The van der Waals surface area contributed by atoms with E-state index < -0.39 is 24.0 Å². The molecule has 0 radical (unpaired) electrons. The number of aliphatic hydroxyl groups excluding tert-OH is 1. The molecule has 2 aromatic rings. The molecular weight excluding hydrogens is 542 g/mol. The maximum Gasteiger partial charge on any atom is 0.417 e. The van der Waals surface area contributed by atoms with Gasteiger partial charge < -0.3 is 20.2 Å². The van der Waals surface area contributed by atoms with Gasteiger partial charge in [0.15, 0.2) is 0 Å². The van der Waals surface area contributed by atoms with Crippen LogP contribution in [0.2, 0.25) is 0 Å². The Labute approximate surface area is 238 Å². The number of halogens is 4. The predicted octanol–water partition coefficient (Wildman–Crippen LogP) is 4.83. The average molecular weight is 584 g/mol. The van der Waals surface area contributed by atoms with Crippen LogP contribution >= 0.6 is 11.8 Å². The van der Waals surface area contributed by atoms with Crippen molar-refractivity contribution in [3.63, 3.8) is 0 Å². The van der Waals surface area contributed by atoms with E-state index in [9.17, 15) is 22.7 Å². The number of nitrogens with zero attached hydrogens (tertiary/aromatic N) is 4. The second-order valence-corrected chi connectivity index (χ2v) is 12.7. The molecule has 0 spiro atoms. The molecule has 11 heteroatoms.